The zero-order valence-corrected chi connectivity index (χ0v) is 14.9. The van der Waals surface area contributed by atoms with Crippen molar-refractivity contribution in [3.8, 4) is 5.75 Å². The summed E-state index contributed by atoms with van der Waals surface area (Å²) in [5.74, 6) is 1.27. The van der Waals surface area contributed by atoms with Crippen molar-refractivity contribution < 1.29 is 9.53 Å². The van der Waals surface area contributed by atoms with Crippen molar-refractivity contribution in [2.24, 2.45) is 0 Å². The van der Waals surface area contributed by atoms with Crippen molar-refractivity contribution in [2.45, 2.75) is 46.1 Å². The number of amides is 1. The van der Waals surface area contributed by atoms with Crippen LogP contribution in [0.15, 0.2) is 24.3 Å². The first kappa shape index (κ1) is 16.1. The first-order valence-corrected chi connectivity index (χ1v) is 8.93. The zero-order valence-electron chi connectivity index (χ0n) is 14.1. The van der Waals surface area contributed by atoms with Crippen molar-refractivity contribution in [1.82, 2.24) is 5.32 Å². The van der Waals surface area contributed by atoms with Gasteiger partial charge in [0.25, 0.3) is 5.91 Å². The molecule has 0 fully saturated rings. The maximum Gasteiger partial charge on any atom is 0.262 e. The molecular weight excluding hydrogens is 306 g/mol. The van der Waals surface area contributed by atoms with E-state index in [1.807, 2.05) is 24.3 Å². The molecular formula is C19H23NO2S. The Morgan fingerprint density at radius 2 is 2.04 bits per heavy atom. The molecule has 1 aliphatic heterocycles. The second-order valence-corrected chi connectivity index (χ2v) is 7.61. The number of hydrogen-bond acceptors (Lipinski definition) is 3. The summed E-state index contributed by atoms with van der Waals surface area (Å²) in [7, 11) is 0. The predicted molar refractivity (Wildman–Crippen MR) is 94.6 cm³/mol. The van der Waals surface area contributed by atoms with E-state index >= 15 is 0 Å². The molecule has 0 unspecified atom stereocenters. The molecule has 1 aromatic heterocycles. The number of rotatable bonds is 3. The van der Waals surface area contributed by atoms with Crippen LogP contribution in [0.1, 0.15) is 63.5 Å². The second kappa shape index (κ2) is 6.36. The van der Waals surface area contributed by atoms with Crippen LogP contribution >= 0.6 is 11.3 Å². The molecule has 3 nitrogen and oxygen atoms in total. The second-order valence-electron chi connectivity index (χ2n) is 6.38. The molecule has 0 spiro atoms. The molecule has 0 aliphatic carbocycles. The number of carbonyl (C=O) groups excluding carboxylic acids is 1. The summed E-state index contributed by atoms with van der Waals surface area (Å²) in [5.41, 5.74) is 3.51. The molecule has 0 saturated heterocycles. The van der Waals surface area contributed by atoms with Gasteiger partial charge in [-0.05, 0) is 37.0 Å². The van der Waals surface area contributed by atoms with E-state index in [9.17, 15) is 4.79 Å². The summed E-state index contributed by atoms with van der Waals surface area (Å²) in [6, 6.07) is 7.98. The molecule has 0 saturated carbocycles. The Morgan fingerprint density at radius 3 is 2.78 bits per heavy atom. The monoisotopic (exact) mass is 329 g/mol. The van der Waals surface area contributed by atoms with E-state index in [0.29, 0.717) is 12.5 Å². The van der Waals surface area contributed by atoms with Gasteiger partial charge in [-0.1, -0.05) is 32.0 Å². The Bertz CT molecular complexity index is 733. The molecule has 0 radical (unpaired) electrons. The third kappa shape index (κ3) is 3.00. The van der Waals surface area contributed by atoms with Crippen LogP contribution in [0.3, 0.4) is 0 Å². The molecule has 1 atom stereocenters. The molecule has 122 valence electrons. The highest BCUT2D eigenvalue weighted by molar-refractivity contribution is 7.14. The lowest BCUT2D eigenvalue weighted by Crippen LogP contribution is -2.32. The topological polar surface area (TPSA) is 38.3 Å². The van der Waals surface area contributed by atoms with Crippen LogP contribution in [0.5, 0.6) is 5.75 Å². The third-order valence-electron chi connectivity index (χ3n) is 4.48. The maximum absolute atomic E-state index is 12.9. The van der Waals surface area contributed by atoms with E-state index in [1.165, 1.54) is 16.0 Å². The van der Waals surface area contributed by atoms with Crippen molar-refractivity contribution in [3.05, 3.63) is 50.7 Å². The highest BCUT2D eigenvalue weighted by Crippen LogP contribution is 2.35. The summed E-state index contributed by atoms with van der Waals surface area (Å²) in [4.78, 5) is 15.0. The average molecular weight is 329 g/mol. The molecule has 3 rings (SSSR count). The number of nitrogens with one attached hydrogen (secondary N) is 1. The van der Waals surface area contributed by atoms with Gasteiger partial charge in [-0.25, -0.2) is 0 Å². The Morgan fingerprint density at radius 1 is 1.30 bits per heavy atom. The van der Waals surface area contributed by atoms with Crippen LogP contribution in [-0.2, 0) is 0 Å². The van der Waals surface area contributed by atoms with Crippen LogP contribution in [-0.4, -0.2) is 12.5 Å². The lowest BCUT2D eigenvalue weighted by atomic mass is 9.97. The van der Waals surface area contributed by atoms with Gasteiger partial charge in [0.15, 0.2) is 0 Å². The van der Waals surface area contributed by atoms with Crippen LogP contribution < -0.4 is 10.1 Å². The van der Waals surface area contributed by atoms with E-state index in [0.717, 1.165) is 22.6 Å². The third-order valence-corrected chi connectivity index (χ3v) is 5.70. The van der Waals surface area contributed by atoms with Crippen LogP contribution in [0.2, 0.25) is 0 Å². The Hall–Kier alpha value is -1.81. The number of hydrogen-bond donors (Lipinski definition) is 1. The predicted octanol–water partition coefficient (Wildman–Crippen LogP) is 4.74. The van der Waals surface area contributed by atoms with Gasteiger partial charge in [-0.3, -0.25) is 4.79 Å². The van der Waals surface area contributed by atoms with Crippen molar-refractivity contribution >= 4 is 17.2 Å². The minimum absolute atomic E-state index is 0.0233. The van der Waals surface area contributed by atoms with Gasteiger partial charge in [0.1, 0.15) is 5.75 Å². The van der Waals surface area contributed by atoms with Gasteiger partial charge in [0, 0.05) is 16.9 Å². The fraction of sp³-hybridized carbons (Fsp3) is 0.421. The van der Waals surface area contributed by atoms with Crippen LogP contribution in [0.4, 0.5) is 0 Å². The quantitative estimate of drug-likeness (QED) is 0.883. The number of carbonyl (C=O) groups is 1. The van der Waals surface area contributed by atoms with Gasteiger partial charge < -0.3 is 10.1 Å². The molecule has 1 N–H and O–H groups in total. The van der Waals surface area contributed by atoms with Crippen molar-refractivity contribution in [1.29, 1.82) is 0 Å². The standard InChI is InChI=1S/C19H23NO2S/c1-11(2)17-12(3)13(4)23-18(17)19(21)20-15-9-10-22-16-8-6-5-7-14(15)16/h5-8,11,15H,9-10H2,1-4H3,(H,20,21)/t15-/m0/s1. The fourth-order valence-corrected chi connectivity index (χ4v) is 4.44. The summed E-state index contributed by atoms with van der Waals surface area (Å²) in [5, 5.41) is 3.22. The highest BCUT2D eigenvalue weighted by atomic mass is 32.1. The minimum atomic E-state index is 0.0233. The maximum atomic E-state index is 12.9. The number of fused-ring (bicyclic) bond motifs is 1. The molecule has 0 bridgehead atoms. The van der Waals surface area contributed by atoms with Gasteiger partial charge in [-0.15, -0.1) is 11.3 Å². The first-order chi connectivity index (χ1) is 11.0. The molecule has 2 aromatic rings. The Kier molecular flexibility index (Phi) is 4.44. The summed E-state index contributed by atoms with van der Waals surface area (Å²) >= 11 is 1.60. The first-order valence-electron chi connectivity index (χ1n) is 8.11. The fourth-order valence-electron chi connectivity index (χ4n) is 3.22. The van der Waals surface area contributed by atoms with Gasteiger partial charge in [0.05, 0.1) is 17.5 Å². The smallest absolute Gasteiger partial charge is 0.262 e. The van der Waals surface area contributed by atoms with Crippen molar-refractivity contribution in [3.63, 3.8) is 0 Å². The normalized spacial score (nSPS) is 16.8. The Labute approximate surface area is 141 Å². The number of benzene rings is 1. The van der Waals surface area contributed by atoms with E-state index in [4.69, 9.17) is 4.74 Å². The summed E-state index contributed by atoms with van der Waals surface area (Å²) in [6.07, 6.45) is 0.809. The highest BCUT2D eigenvalue weighted by Gasteiger charge is 2.26. The van der Waals surface area contributed by atoms with Crippen molar-refractivity contribution in [2.75, 3.05) is 6.61 Å². The molecule has 23 heavy (non-hydrogen) atoms. The summed E-state index contributed by atoms with van der Waals surface area (Å²) < 4.78 is 5.68. The lowest BCUT2D eigenvalue weighted by Gasteiger charge is -2.26. The van der Waals surface area contributed by atoms with Crippen LogP contribution in [0.25, 0.3) is 0 Å². The number of thiophene rings is 1. The number of para-hydroxylation sites is 1. The molecule has 2 heterocycles. The number of ether oxygens (including phenoxy) is 1. The molecule has 1 aromatic carbocycles. The van der Waals surface area contributed by atoms with Gasteiger partial charge in [0.2, 0.25) is 0 Å². The van der Waals surface area contributed by atoms with Gasteiger partial charge >= 0.3 is 0 Å². The molecule has 1 amide bonds. The van der Waals surface area contributed by atoms with Gasteiger partial charge in [-0.2, -0.15) is 0 Å². The average Bonchev–Trinajstić information content (AvgIpc) is 2.83. The Balaban J connectivity index is 1.88. The van der Waals surface area contributed by atoms with E-state index in [-0.39, 0.29) is 11.9 Å². The van der Waals surface area contributed by atoms with E-state index < -0.39 is 0 Å². The molecule has 1 aliphatic rings. The summed E-state index contributed by atoms with van der Waals surface area (Å²) in [6.45, 7) is 9.14. The lowest BCUT2D eigenvalue weighted by molar-refractivity contribution is 0.0927. The number of aryl methyl sites for hydroxylation is 1. The van der Waals surface area contributed by atoms with Crippen LogP contribution in [0, 0.1) is 13.8 Å². The SMILES string of the molecule is Cc1sc(C(=O)N[C@H]2CCOc3ccccc32)c(C(C)C)c1C. The largest absolute Gasteiger partial charge is 0.493 e. The molecule has 4 heteroatoms. The zero-order chi connectivity index (χ0) is 16.6. The minimum Gasteiger partial charge on any atom is -0.493 e. The van der Waals surface area contributed by atoms with E-state index in [1.54, 1.807) is 11.3 Å². The van der Waals surface area contributed by atoms with E-state index in [2.05, 4.69) is 33.0 Å².